The standard InChI is InChI=1S/C17H22N4O3/c1-12(15(22)20-17(2,3)4)24-16(23)14-7-5-13(6-8-14)9-21-11-18-10-19-21/h5-8,10-12H,9H2,1-4H3,(H,20,22)/t12-/m0/s1. The summed E-state index contributed by atoms with van der Waals surface area (Å²) in [5.74, 6) is -0.850. The van der Waals surface area contributed by atoms with Gasteiger partial charge in [0.15, 0.2) is 6.10 Å². The summed E-state index contributed by atoms with van der Waals surface area (Å²) in [6.07, 6.45) is 2.24. The highest BCUT2D eigenvalue weighted by Crippen LogP contribution is 2.09. The monoisotopic (exact) mass is 330 g/mol. The minimum absolute atomic E-state index is 0.321. The molecule has 1 aromatic carbocycles. The van der Waals surface area contributed by atoms with Gasteiger partial charge < -0.3 is 10.1 Å². The van der Waals surface area contributed by atoms with Gasteiger partial charge in [-0.2, -0.15) is 5.10 Å². The number of rotatable bonds is 5. The Morgan fingerprint density at radius 1 is 1.25 bits per heavy atom. The Hall–Kier alpha value is -2.70. The average Bonchev–Trinajstić information content (AvgIpc) is 2.99. The van der Waals surface area contributed by atoms with E-state index in [0.717, 1.165) is 5.56 Å². The van der Waals surface area contributed by atoms with Crippen molar-refractivity contribution in [2.24, 2.45) is 0 Å². The molecule has 0 fully saturated rings. The SMILES string of the molecule is C[C@H](OC(=O)c1ccc(Cn2cncn2)cc1)C(=O)NC(C)(C)C. The van der Waals surface area contributed by atoms with E-state index in [2.05, 4.69) is 15.4 Å². The first-order chi connectivity index (χ1) is 11.2. The largest absolute Gasteiger partial charge is 0.449 e. The van der Waals surface area contributed by atoms with Crippen molar-refractivity contribution >= 4 is 11.9 Å². The molecule has 0 radical (unpaired) electrons. The molecule has 0 aliphatic heterocycles. The Morgan fingerprint density at radius 3 is 2.46 bits per heavy atom. The second-order valence-electron chi connectivity index (χ2n) is 6.58. The fourth-order valence-corrected chi connectivity index (χ4v) is 2.00. The molecular weight excluding hydrogens is 308 g/mol. The van der Waals surface area contributed by atoms with Gasteiger partial charge >= 0.3 is 5.97 Å². The summed E-state index contributed by atoms with van der Waals surface area (Å²) in [5.41, 5.74) is 1.00. The van der Waals surface area contributed by atoms with Crippen molar-refractivity contribution in [3.05, 3.63) is 48.0 Å². The van der Waals surface area contributed by atoms with Crippen LogP contribution in [0, 0.1) is 0 Å². The van der Waals surface area contributed by atoms with Crippen LogP contribution in [0.3, 0.4) is 0 Å². The molecule has 2 rings (SSSR count). The lowest BCUT2D eigenvalue weighted by atomic mass is 10.1. The Bertz CT molecular complexity index is 688. The van der Waals surface area contributed by atoms with E-state index in [1.165, 1.54) is 6.33 Å². The van der Waals surface area contributed by atoms with Gasteiger partial charge in [0.2, 0.25) is 0 Å². The number of amides is 1. The third-order valence-electron chi connectivity index (χ3n) is 3.15. The first kappa shape index (κ1) is 17.7. The van der Waals surface area contributed by atoms with Crippen LogP contribution in [0.1, 0.15) is 43.6 Å². The second kappa shape index (κ2) is 7.25. The summed E-state index contributed by atoms with van der Waals surface area (Å²) in [4.78, 5) is 28.0. The van der Waals surface area contributed by atoms with Crippen LogP contribution >= 0.6 is 0 Å². The molecule has 0 spiro atoms. The number of nitrogens with zero attached hydrogens (tertiary/aromatic N) is 3. The summed E-state index contributed by atoms with van der Waals surface area (Å²) >= 11 is 0. The van der Waals surface area contributed by atoms with Crippen molar-refractivity contribution in [2.75, 3.05) is 0 Å². The molecule has 1 heterocycles. The quantitative estimate of drug-likeness (QED) is 0.845. The Balaban J connectivity index is 1.93. The minimum atomic E-state index is -0.855. The van der Waals surface area contributed by atoms with E-state index in [0.29, 0.717) is 12.1 Å². The van der Waals surface area contributed by atoms with E-state index in [1.807, 2.05) is 32.9 Å². The second-order valence-corrected chi connectivity index (χ2v) is 6.58. The van der Waals surface area contributed by atoms with Crippen LogP contribution in [0.15, 0.2) is 36.9 Å². The Labute approximate surface area is 141 Å². The number of ether oxygens (including phenoxy) is 1. The van der Waals surface area contributed by atoms with Crippen LogP contribution in [0.5, 0.6) is 0 Å². The molecule has 0 saturated carbocycles. The van der Waals surface area contributed by atoms with Crippen molar-refractivity contribution in [3.63, 3.8) is 0 Å². The maximum absolute atomic E-state index is 12.1. The van der Waals surface area contributed by atoms with Gasteiger partial charge in [-0.15, -0.1) is 0 Å². The molecule has 2 aromatic rings. The van der Waals surface area contributed by atoms with Gasteiger partial charge in [0.1, 0.15) is 12.7 Å². The van der Waals surface area contributed by atoms with Gasteiger partial charge in [0, 0.05) is 5.54 Å². The summed E-state index contributed by atoms with van der Waals surface area (Å²) in [5, 5.41) is 6.80. The maximum Gasteiger partial charge on any atom is 0.338 e. The van der Waals surface area contributed by atoms with Crippen molar-refractivity contribution < 1.29 is 14.3 Å². The zero-order chi connectivity index (χ0) is 17.7. The van der Waals surface area contributed by atoms with Crippen LogP contribution in [0.2, 0.25) is 0 Å². The van der Waals surface area contributed by atoms with E-state index in [9.17, 15) is 9.59 Å². The topological polar surface area (TPSA) is 86.1 Å². The predicted octanol–water partition coefficient (Wildman–Crippen LogP) is 1.79. The summed E-state index contributed by atoms with van der Waals surface area (Å²) < 4.78 is 6.90. The van der Waals surface area contributed by atoms with E-state index < -0.39 is 12.1 Å². The van der Waals surface area contributed by atoms with Crippen molar-refractivity contribution in [2.45, 2.75) is 45.9 Å². The normalized spacial score (nSPS) is 12.5. The number of benzene rings is 1. The lowest BCUT2D eigenvalue weighted by Gasteiger charge is -2.23. The third-order valence-corrected chi connectivity index (χ3v) is 3.15. The first-order valence-corrected chi connectivity index (χ1v) is 7.69. The molecule has 24 heavy (non-hydrogen) atoms. The number of hydrogen-bond acceptors (Lipinski definition) is 5. The number of carbonyl (C=O) groups is 2. The maximum atomic E-state index is 12.1. The van der Waals surface area contributed by atoms with Crippen LogP contribution < -0.4 is 5.32 Å². The van der Waals surface area contributed by atoms with Crippen molar-refractivity contribution in [1.29, 1.82) is 0 Å². The highest BCUT2D eigenvalue weighted by Gasteiger charge is 2.22. The molecule has 7 heteroatoms. The molecule has 1 atom stereocenters. The smallest absolute Gasteiger partial charge is 0.338 e. The molecule has 1 amide bonds. The van der Waals surface area contributed by atoms with E-state index in [1.54, 1.807) is 30.1 Å². The van der Waals surface area contributed by atoms with Gasteiger partial charge in [-0.05, 0) is 45.4 Å². The predicted molar refractivity (Wildman–Crippen MR) is 88.3 cm³/mol. The van der Waals surface area contributed by atoms with Crippen LogP contribution in [0.4, 0.5) is 0 Å². The third kappa shape index (κ3) is 5.19. The van der Waals surface area contributed by atoms with Gasteiger partial charge in [-0.25, -0.2) is 14.5 Å². The molecule has 7 nitrogen and oxygen atoms in total. The molecule has 0 aliphatic rings. The molecule has 1 N–H and O–H groups in total. The molecule has 0 aliphatic carbocycles. The Morgan fingerprint density at radius 2 is 1.92 bits per heavy atom. The van der Waals surface area contributed by atoms with Gasteiger partial charge in [-0.1, -0.05) is 12.1 Å². The molecule has 128 valence electrons. The fraction of sp³-hybridized carbons (Fsp3) is 0.412. The lowest BCUT2D eigenvalue weighted by molar-refractivity contribution is -0.130. The number of carbonyl (C=O) groups excluding carboxylic acids is 2. The van der Waals surface area contributed by atoms with E-state index >= 15 is 0 Å². The summed E-state index contributed by atoms with van der Waals surface area (Å²) in [6, 6.07) is 6.97. The fourth-order valence-electron chi connectivity index (χ4n) is 2.00. The Kier molecular flexibility index (Phi) is 5.33. The highest BCUT2D eigenvalue weighted by molar-refractivity contribution is 5.92. The van der Waals surface area contributed by atoms with Crippen LogP contribution in [-0.2, 0) is 16.1 Å². The van der Waals surface area contributed by atoms with Gasteiger partial charge in [-0.3, -0.25) is 4.79 Å². The van der Waals surface area contributed by atoms with E-state index in [-0.39, 0.29) is 11.4 Å². The van der Waals surface area contributed by atoms with Gasteiger partial charge in [0.05, 0.1) is 12.1 Å². The average molecular weight is 330 g/mol. The lowest BCUT2D eigenvalue weighted by Crippen LogP contribution is -2.46. The molecule has 0 bridgehead atoms. The van der Waals surface area contributed by atoms with Crippen LogP contribution in [-0.4, -0.2) is 38.3 Å². The van der Waals surface area contributed by atoms with E-state index in [4.69, 9.17) is 4.74 Å². The zero-order valence-electron chi connectivity index (χ0n) is 14.3. The number of aromatic nitrogens is 3. The van der Waals surface area contributed by atoms with Gasteiger partial charge in [0.25, 0.3) is 5.91 Å². The molecule has 0 unspecified atom stereocenters. The number of esters is 1. The first-order valence-electron chi connectivity index (χ1n) is 7.69. The minimum Gasteiger partial charge on any atom is -0.449 e. The van der Waals surface area contributed by atoms with Crippen molar-refractivity contribution in [1.82, 2.24) is 20.1 Å². The number of hydrogen-bond donors (Lipinski definition) is 1. The molecule has 1 aromatic heterocycles. The zero-order valence-corrected chi connectivity index (χ0v) is 14.3. The summed E-state index contributed by atoms with van der Waals surface area (Å²) in [7, 11) is 0. The summed E-state index contributed by atoms with van der Waals surface area (Å²) in [6.45, 7) is 7.73. The highest BCUT2D eigenvalue weighted by atomic mass is 16.5. The molecule has 0 saturated heterocycles. The van der Waals surface area contributed by atoms with Crippen LogP contribution in [0.25, 0.3) is 0 Å². The molecular formula is C17H22N4O3. The van der Waals surface area contributed by atoms with Crippen molar-refractivity contribution in [3.8, 4) is 0 Å². The number of nitrogens with one attached hydrogen (secondary N) is 1.